The van der Waals surface area contributed by atoms with E-state index in [0.29, 0.717) is 5.95 Å². The summed E-state index contributed by atoms with van der Waals surface area (Å²) in [7, 11) is 0. The Balaban J connectivity index is 1.85. The number of hydrazine groups is 1. The predicted molar refractivity (Wildman–Crippen MR) is 106 cm³/mol. The summed E-state index contributed by atoms with van der Waals surface area (Å²) < 4.78 is 0. The van der Waals surface area contributed by atoms with Crippen molar-refractivity contribution in [3.63, 3.8) is 0 Å². The van der Waals surface area contributed by atoms with Gasteiger partial charge in [-0.25, -0.2) is 15.8 Å². The molecule has 0 spiro atoms. The molecule has 128 valence electrons. The molecule has 0 aliphatic rings. The van der Waals surface area contributed by atoms with Crippen molar-refractivity contribution in [2.75, 3.05) is 5.43 Å². The number of nitrogen functional groups attached to an aromatic ring is 1. The molecule has 0 unspecified atom stereocenters. The van der Waals surface area contributed by atoms with Crippen LogP contribution in [0, 0.1) is 0 Å². The van der Waals surface area contributed by atoms with Crippen LogP contribution in [0.15, 0.2) is 78.9 Å². The Morgan fingerprint density at radius 1 is 0.692 bits per heavy atom. The maximum absolute atomic E-state index is 5.59. The van der Waals surface area contributed by atoms with Crippen molar-refractivity contribution in [1.82, 2.24) is 9.97 Å². The van der Waals surface area contributed by atoms with Gasteiger partial charge in [0.15, 0.2) is 0 Å². The van der Waals surface area contributed by atoms with E-state index < -0.39 is 0 Å². The summed E-state index contributed by atoms with van der Waals surface area (Å²) in [6.07, 6.45) is 1.58. The summed E-state index contributed by atoms with van der Waals surface area (Å²) in [4.78, 5) is 9.22. The molecule has 4 nitrogen and oxygen atoms in total. The van der Waals surface area contributed by atoms with Crippen molar-refractivity contribution in [3.8, 4) is 0 Å². The summed E-state index contributed by atoms with van der Waals surface area (Å²) in [5, 5.41) is 1.11. The van der Waals surface area contributed by atoms with Gasteiger partial charge in [-0.1, -0.05) is 72.8 Å². The van der Waals surface area contributed by atoms with Crippen molar-refractivity contribution in [1.29, 1.82) is 0 Å². The Morgan fingerprint density at radius 2 is 1.35 bits per heavy atom. The fourth-order valence-corrected chi connectivity index (χ4v) is 3.28. The summed E-state index contributed by atoms with van der Waals surface area (Å²) >= 11 is 0. The highest BCUT2D eigenvalue weighted by Gasteiger charge is 2.12. The van der Waals surface area contributed by atoms with Gasteiger partial charge >= 0.3 is 0 Å². The lowest BCUT2D eigenvalue weighted by atomic mass is 9.97. The van der Waals surface area contributed by atoms with Gasteiger partial charge in [0.05, 0.1) is 11.2 Å². The van der Waals surface area contributed by atoms with E-state index in [-0.39, 0.29) is 0 Å². The van der Waals surface area contributed by atoms with Crippen LogP contribution in [0.4, 0.5) is 5.95 Å². The molecule has 1 heterocycles. The smallest absolute Gasteiger partial charge is 0.237 e. The lowest BCUT2D eigenvalue weighted by Crippen LogP contribution is -2.12. The molecule has 4 aromatic rings. The second-order valence-corrected chi connectivity index (χ2v) is 6.27. The van der Waals surface area contributed by atoms with Gasteiger partial charge in [-0.2, -0.15) is 0 Å². The number of nitrogens with two attached hydrogens (primary N) is 1. The number of aromatic nitrogens is 2. The van der Waals surface area contributed by atoms with Crippen LogP contribution >= 0.6 is 0 Å². The van der Waals surface area contributed by atoms with Gasteiger partial charge in [0, 0.05) is 11.8 Å². The minimum Gasteiger partial charge on any atom is -0.292 e. The van der Waals surface area contributed by atoms with Crippen LogP contribution in [0.1, 0.15) is 22.4 Å². The van der Waals surface area contributed by atoms with Gasteiger partial charge in [-0.05, 0) is 29.2 Å². The Morgan fingerprint density at radius 3 is 2.00 bits per heavy atom. The van der Waals surface area contributed by atoms with E-state index >= 15 is 0 Å². The van der Waals surface area contributed by atoms with Crippen molar-refractivity contribution in [2.24, 2.45) is 5.84 Å². The van der Waals surface area contributed by atoms with Gasteiger partial charge in [0.2, 0.25) is 5.95 Å². The Labute approximate surface area is 152 Å². The minimum absolute atomic E-state index is 0.445. The first-order chi connectivity index (χ1) is 12.8. The molecular formula is C22H20N4. The molecule has 3 N–H and O–H groups in total. The highest BCUT2D eigenvalue weighted by atomic mass is 15.3. The van der Waals surface area contributed by atoms with Gasteiger partial charge in [0.25, 0.3) is 0 Å². The normalized spacial score (nSPS) is 10.8. The number of anilines is 1. The molecular weight excluding hydrogens is 320 g/mol. The number of rotatable bonds is 5. The Hall–Kier alpha value is -3.24. The lowest BCUT2D eigenvalue weighted by molar-refractivity contribution is 1.04. The van der Waals surface area contributed by atoms with E-state index in [1.807, 2.05) is 36.4 Å². The molecule has 0 aliphatic carbocycles. The standard InChI is InChI=1S/C22H20N4/c23-26-22-24-19-13-7-12-18(14-16-8-3-1-4-9-16)21(19)20(25-22)15-17-10-5-2-6-11-17/h1-13H,14-15,23H2,(H,24,25,26). The third-order valence-electron chi connectivity index (χ3n) is 4.47. The summed E-state index contributed by atoms with van der Waals surface area (Å²) in [5.74, 6) is 6.03. The number of nitrogens with one attached hydrogen (secondary N) is 1. The van der Waals surface area contributed by atoms with Gasteiger partial charge in [-0.15, -0.1) is 0 Å². The maximum Gasteiger partial charge on any atom is 0.237 e. The lowest BCUT2D eigenvalue weighted by Gasteiger charge is -2.13. The van der Waals surface area contributed by atoms with Crippen molar-refractivity contribution >= 4 is 16.9 Å². The van der Waals surface area contributed by atoms with E-state index in [2.05, 4.69) is 57.9 Å². The first-order valence-electron chi connectivity index (χ1n) is 8.66. The molecule has 26 heavy (non-hydrogen) atoms. The van der Waals surface area contributed by atoms with Gasteiger partial charge in [-0.3, -0.25) is 5.43 Å². The monoisotopic (exact) mass is 340 g/mol. The van der Waals surface area contributed by atoms with E-state index in [9.17, 15) is 0 Å². The zero-order valence-corrected chi connectivity index (χ0v) is 14.4. The van der Waals surface area contributed by atoms with E-state index in [4.69, 9.17) is 5.84 Å². The average Bonchev–Trinajstić information content (AvgIpc) is 2.69. The van der Waals surface area contributed by atoms with E-state index in [1.54, 1.807) is 0 Å². The van der Waals surface area contributed by atoms with Crippen LogP contribution in [0.2, 0.25) is 0 Å². The molecule has 0 radical (unpaired) electrons. The van der Waals surface area contributed by atoms with Crippen LogP contribution in [-0.2, 0) is 12.8 Å². The molecule has 0 aliphatic heterocycles. The molecule has 4 rings (SSSR count). The molecule has 1 aromatic heterocycles. The Bertz CT molecular complexity index is 1010. The fourth-order valence-electron chi connectivity index (χ4n) is 3.28. The zero-order valence-electron chi connectivity index (χ0n) is 14.4. The topological polar surface area (TPSA) is 63.8 Å². The number of benzene rings is 3. The largest absolute Gasteiger partial charge is 0.292 e. The number of hydrogen-bond donors (Lipinski definition) is 2. The molecule has 0 atom stereocenters. The number of nitrogens with zero attached hydrogens (tertiary/aromatic N) is 2. The van der Waals surface area contributed by atoms with Crippen LogP contribution in [0.25, 0.3) is 10.9 Å². The van der Waals surface area contributed by atoms with Gasteiger partial charge < -0.3 is 0 Å². The summed E-state index contributed by atoms with van der Waals surface area (Å²) in [5.41, 5.74) is 8.20. The van der Waals surface area contributed by atoms with E-state index in [0.717, 1.165) is 29.4 Å². The molecule has 0 saturated carbocycles. The van der Waals surface area contributed by atoms with Crippen LogP contribution < -0.4 is 11.3 Å². The first-order valence-corrected chi connectivity index (χ1v) is 8.66. The predicted octanol–water partition coefficient (Wildman–Crippen LogP) is 4.10. The van der Waals surface area contributed by atoms with E-state index in [1.165, 1.54) is 16.7 Å². The van der Waals surface area contributed by atoms with Crippen molar-refractivity contribution in [2.45, 2.75) is 12.8 Å². The zero-order chi connectivity index (χ0) is 17.8. The first kappa shape index (κ1) is 16.2. The highest BCUT2D eigenvalue weighted by Crippen LogP contribution is 2.26. The third-order valence-corrected chi connectivity index (χ3v) is 4.47. The molecule has 0 fully saturated rings. The molecule has 0 amide bonds. The average molecular weight is 340 g/mol. The second kappa shape index (κ2) is 7.33. The van der Waals surface area contributed by atoms with Crippen molar-refractivity contribution < 1.29 is 0 Å². The van der Waals surface area contributed by atoms with Crippen molar-refractivity contribution in [3.05, 3.63) is 101 Å². The maximum atomic E-state index is 5.59. The highest BCUT2D eigenvalue weighted by molar-refractivity contribution is 5.86. The van der Waals surface area contributed by atoms with Crippen LogP contribution in [0.3, 0.4) is 0 Å². The van der Waals surface area contributed by atoms with Gasteiger partial charge in [0.1, 0.15) is 0 Å². The fraction of sp³-hybridized carbons (Fsp3) is 0.0909. The quantitative estimate of drug-likeness (QED) is 0.424. The summed E-state index contributed by atoms with van der Waals surface area (Å²) in [6, 6.07) is 27.0. The minimum atomic E-state index is 0.445. The molecule has 3 aromatic carbocycles. The molecule has 0 bridgehead atoms. The number of fused-ring (bicyclic) bond motifs is 1. The summed E-state index contributed by atoms with van der Waals surface area (Å²) in [6.45, 7) is 0. The second-order valence-electron chi connectivity index (χ2n) is 6.27. The Kier molecular flexibility index (Phi) is 4.58. The third kappa shape index (κ3) is 3.41. The molecule has 0 saturated heterocycles. The number of hydrogen-bond acceptors (Lipinski definition) is 4. The van der Waals surface area contributed by atoms with Crippen LogP contribution in [-0.4, -0.2) is 9.97 Å². The SMILES string of the molecule is NNc1nc(Cc2ccccc2)c2c(Cc3ccccc3)cccc2n1. The van der Waals surface area contributed by atoms with Crippen LogP contribution in [0.5, 0.6) is 0 Å². The molecule has 4 heteroatoms.